The monoisotopic (exact) mass is 382 g/mol. The molecule has 0 heterocycles. The van der Waals surface area contributed by atoms with Gasteiger partial charge in [0.1, 0.15) is 5.75 Å². The Morgan fingerprint density at radius 3 is 2.41 bits per heavy atom. The highest BCUT2D eigenvalue weighted by Crippen LogP contribution is 2.17. The lowest BCUT2D eigenvalue weighted by Gasteiger charge is -2.24. The molecule has 2 aromatic carbocycles. The van der Waals surface area contributed by atoms with Gasteiger partial charge in [-0.2, -0.15) is 0 Å². The van der Waals surface area contributed by atoms with Crippen LogP contribution >= 0.6 is 12.2 Å². The van der Waals surface area contributed by atoms with Crippen molar-refractivity contribution in [3.63, 3.8) is 0 Å². The highest BCUT2D eigenvalue weighted by atomic mass is 32.1. The Morgan fingerprint density at radius 1 is 1.00 bits per heavy atom. The van der Waals surface area contributed by atoms with Crippen molar-refractivity contribution < 1.29 is 9.53 Å². The Morgan fingerprint density at radius 2 is 1.70 bits per heavy atom. The average molecular weight is 383 g/mol. The standard InChI is InChI=1S/C22H26N2O2S/c25-21(24-22(27)23-19-9-5-2-6-10-19)18-11-13-20(14-12-18)26-16-15-17-7-3-1-4-8-17/h1,3-4,7-8,11-14,19H,2,5-6,9-10,15-16H2,(H2,23,24,25,27). The molecule has 0 spiro atoms. The van der Waals surface area contributed by atoms with Crippen LogP contribution in [-0.4, -0.2) is 23.7 Å². The molecular weight excluding hydrogens is 356 g/mol. The number of ether oxygens (including phenoxy) is 1. The lowest BCUT2D eigenvalue weighted by atomic mass is 9.96. The van der Waals surface area contributed by atoms with Gasteiger partial charge in [-0.3, -0.25) is 10.1 Å². The van der Waals surface area contributed by atoms with E-state index in [9.17, 15) is 4.79 Å². The number of rotatable bonds is 6. The molecule has 0 saturated heterocycles. The van der Waals surface area contributed by atoms with Crippen LogP contribution in [0.15, 0.2) is 54.6 Å². The summed E-state index contributed by atoms with van der Waals surface area (Å²) in [6.07, 6.45) is 6.82. The van der Waals surface area contributed by atoms with Crippen LogP contribution in [0.1, 0.15) is 48.0 Å². The number of carbonyl (C=O) groups is 1. The number of benzene rings is 2. The van der Waals surface area contributed by atoms with E-state index in [1.807, 2.05) is 30.3 Å². The first-order valence-electron chi connectivity index (χ1n) is 9.59. The molecule has 2 aromatic rings. The molecule has 27 heavy (non-hydrogen) atoms. The summed E-state index contributed by atoms with van der Waals surface area (Å²) in [5.41, 5.74) is 1.81. The van der Waals surface area contributed by atoms with Crippen LogP contribution in [0, 0.1) is 0 Å². The molecule has 1 amide bonds. The Kier molecular flexibility index (Phi) is 7.22. The second kappa shape index (κ2) is 10.1. The van der Waals surface area contributed by atoms with Crippen molar-refractivity contribution in [1.29, 1.82) is 0 Å². The quantitative estimate of drug-likeness (QED) is 0.734. The third kappa shape index (κ3) is 6.36. The van der Waals surface area contributed by atoms with Crippen molar-refractivity contribution in [3.8, 4) is 5.75 Å². The van der Waals surface area contributed by atoms with Crippen molar-refractivity contribution in [2.45, 2.75) is 44.6 Å². The van der Waals surface area contributed by atoms with Crippen LogP contribution in [-0.2, 0) is 6.42 Å². The topological polar surface area (TPSA) is 50.4 Å². The lowest BCUT2D eigenvalue weighted by molar-refractivity contribution is 0.0976. The Labute approximate surface area is 166 Å². The zero-order valence-electron chi connectivity index (χ0n) is 15.4. The number of nitrogens with one attached hydrogen (secondary N) is 2. The van der Waals surface area contributed by atoms with Gasteiger partial charge in [-0.1, -0.05) is 49.6 Å². The third-order valence-corrected chi connectivity index (χ3v) is 5.01. The Hall–Kier alpha value is -2.40. The summed E-state index contributed by atoms with van der Waals surface area (Å²) in [4.78, 5) is 12.3. The number of hydrogen-bond acceptors (Lipinski definition) is 3. The highest BCUT2D eigenvalue weighted by Gasteiger charge is 2.15. The summed E-state index contributed by atoms with van der Waals surface area (Å²) in [7, 11) is 0. The van der Waals surface area contributed by atoms with E-state index < -0.39 is 0 Å². The molecule has 3 rings (SSSR count). The fourth-order valence-corrected chi connectivity index (χ4v) is 3.54. The van der Waals surface area contributed by atoms with Gasteiger partial charge in [0.15, 0.2) is 5.11 Å². The fourth-order valence-electron chi connectivity index (χ4n) is 3.28. The molecular formula is C22H26N2O2S. The minimum absolute atomic E-state index is 0.195. The van der Waals surface area contributed by atoms with Crippen LogP contribution in [0.5, 0.6) is 5.75 Å². The molecule has 2 N–H and O–H groups in total. The molecule has 1 aliphatic rings. The van der Waals surface area contributed by atoms with Crippen LogP contribution in [0.4, 0.5) is 0 Å². The van der Waals surface area contributed by atoms with Gasteiger partial charge >= 0.3 is 0 Å². The first kappa shape index (κ1) is 19.4. The predicted octanol–water partition coefficient (Wildman–Crippen LogP) is 4.25. The minimum atomic E-state index is -0.195. The minimum Gasteiger partial charge on any atom is -0.493 e. The van der Waals surface area contributed by atoms with Gasteiger partial charge in [-0.05, 0) is 54.9 Å². The smallest absolute Gasteiger partial charge is 0.257 e. The molecule has 1 fully saturated rings. The predicted molar refractivity (Wildman–Crippen MR) is 112 cm³/mol. The summed E-state index contributed by atoms with van der Waals surface area (Å²) in [6, 6.07) is 17.8. The Balaban J connectivity index is 1.43. The van der Waals surface area contributed by atoms with E-state index in [-0.39, 0.29) is 5.91 Å². The molecule has 0 atom stereocenters. The molecule has 5 heteroatoms. The van der Waals surface area contributed by atoms with Crippen molar-refractivity contribution >= 4 is 23.2 Å². The second-order valence-electron chi connectivity index (χ2n) is 6.87. The second-order valence-corrected chi connectivity index (χ2v) is 7.28. The maximum absolute atomic E-state index is 12.3. The van der Waals surface area contributed by atoms with Crippen molar-refractivity contribution in [2.75, 3.05) is 6.61 Å². The summed E-state index contributed by atoms with van der Waals surface area (Å²) in [5.74, 6) is 0.560. The van der Waals surface area contributed by atoms with Crippen LogP contribution in [0.2, 0.25) is 0 Å². The molecule has 4 nitrogen and oxygen atoms in total. The van der Waals surface area contributed by atoms with Gasteiger partial charge in [0.05, 0.1) is 6.61 Å². The first-order chi connectivity index (χ1) is 13.2. The van der Waals surface area contributed by atoms with E-state index in [4.69, 9.17) is 17.0 Å². The maximum atomic E-state index is 12.3. The number of hydrogen-bond donors (Lipinski definition) is 2. The zero-order valence-corrected chi connectivity index (χ0v) is 16.3. The van der Waals surface area contributed by atoms with Crippen LogP contribution < -0.4 is 15.4 Å². The number of thiocarbonyl (C=S) groups is 1. The molecule has 0 radical (unpaired) electrons. The van der Waals surface area contributed by atoms with E-state index in [1.165, 1.54) is 24.8 Å². The van der Waals surface area contributed by atoms with E-state index in [2.05, 4.69) is 22.8 Å². The van der Waals surface area contributed by atoms with Gasteiger partial charge < -0.3 is 10.1 Å². The van der Waals surface area contributed by atoms with Gasteiger partial charge in [0, 0.05) is 18.0 Å². The summed E-state index contributed by atoms with van der Waals surface area (Å²) < 4.78 is 5.76. The highest BCUT2D eigenvalue weighted by molar-refractivity contribution is 7.80. The van der Waals surface area contributed by atoms with Gasteiger partial charge in [0.25, 0.3) is 5.91 Å². The van der Waals surface area contributed by atoms with Gasteiger partial charge in [-0.15, -0.1) is 0 Å². The number of carbonyl (C=O) groups excluding carboxylic acids is 1. The maximum Gasteiger partial charge on any atom is 0.257 e. The van der Waals surface area contributed by atoms with E-state index in [0.717, 1.165) is 25.0 Å². The molecule has 0 aromatic heterocycles. The van der Waals surface area contributed by atoms with Crippen molar-refractivity contribution in [3.05, 3.63) is 65.7 Å². The molecule has 0 aliphatic heterocycles. The lowest BCUT2D eigenvalue weighted by Crippen LogP contribution is -2.44. The zero-order chi connectivity index (χ0) is 18.9. The van der Waals surface area contributed by atoms with Crippen molar-refractivity contribution in [1.82, 2.24) is 10.6 Å². The third-order valence-electron chi connectivity index (χ3n) is 4.79. The van der Waals surface area contributed by atoms with E-state index in [0.29, 0.717) is 23.3 Å². The Bertz CT molecular complexity index is 741. The van der Waals surface area contributed by atoms with Crippen LogP contribution in [0.25, 0.3) is 0 Å². The largest absolute Gasteiger partial charge is 0.493 e. The summed E-state index contributed by atoms with van der Waals surface area (Å²) in [6.45, 7) is 0.602. The number of amides is 1. The first-order valence-corrected chi connectivity index (χ1v) is 10.0. The summed E-state index contributed by atoms with van der Waals surface area (Å²) in [5, 5.41) is 6.43. The molecule has 0 bridgehead atoms. The van der Waals surface area contributed by atoms with Crippen LogP contribution in [0.3, 0.4) is 0 Å². The van der Waals surface area contributed by atoms with Gasteiger partial charge in [-0.25, -0.2) is 0 Å². The van der Waals surface area contributed by atoms with Crippen molar-refractivity contribution in [2.24, 2.45) is 0 Å². The fraction of sp³-hybridized carbons (Fsp3) is 0.364. The van der Waals surface area contributed by atoms with E-state index >= 15 is 0 Å². The molecule has 1 aliphatic carbocycles. The normalized spacial score (nSPS) is 14.4. The van der Waals surface area contributed by atoms with Gasteiger partial charge in [0.2, 0.25) is 0 Å². The molecule has 1 saturated carbocycles. The van der Waals surface area contributed by atoms with E-state index in [1.54, 1.807) is 12.1 Å². The molecule has 0 unspecified atom stereocenters. The molecule has 142 valence electrons. The average Bonchev–Trinajstić information content (AvgIpc) is 2.70. The SMILES string of the molecule is O=C(NC(=S)NC1CCCCC1)c1ccc(OCCc2ccccc2)cc1. The summed E-state index contributed by atoms with van der Waals surface area (Å²) >= 11 is 5.27.